The van der Waals surface area contributed by atoms with Crippen LogP contribution in [-0.2, 0) is 13.6 Å². The number of aryl methyl sites for hydroxylation is 2. The van der Waals surface area contributed by atoms with Crippen LogP contribution in [0, 0.1) is 6.92 Å². The average molecular weight is 274 g/mol. The number of nitrogens with one attached hydrogen (secondary N) is 1. The number of nitrogens with zero attached hydrogens (tertiary/aromatic N) is 3. The van der Waals surface area contributed by atoms with E-state index in [0.717, 1.165) is 11.3 Å². The summed E-state index contributed by atoms with van der Waals surface area (Å²) in [5, 5.41) is 15.8. The Morgan fingerprint density at radius 2 is 2.20 bits per heavy atom. The quantitative estimate of drug-likeness (QED) is 0.857. The Kier molecular flexibility index (Phi) is 3.79. The molecule has 0 bridgehead atoms. The Morgan fingerprint density at radius 3 is 2.80 bits per heavy atom. The van der Waals surface area contributed by atoms with E-state index in [4.69, 9.17) is 5.11 Å². The Bertz CT molecular complexity index is 663. The highest BCUT2D eigenvalue weighted by Crippen LogP contribution is 2.07. The minimum absolute atomic E-state index is 0.0958. The number of rotatable bonds is 4. The predicted octanol–water partition coefficient (Wildman–Crippen LogP) is 0.752. The zero-order valence-electron chi connectivity index (χ0n) is 11.1. The van der Waals surface area contributed by atoms with E-state index in [-0.39, 0.29) is 17.8 Å². The molecule has 0 fully saturated rings. The van der Waals surface area contributed by atoms with Crippen LogP contribution in [0.2, 0.25) is 0 Å². The van der Waals surface area contributed by atoms with Gasteiger partial charge in [-0.25, -0.2) is 4.79 Å². The van der Waals surface area contributed by atoms with Gasteiger partial charge in [0.2, 0.25) is 0 Å². The molecule has 0 saturated heterocycles. The maximum Gasteiger partial charge on any atom is 0.338 e. The first-order chi connectivity index (χ1) is 9.49. The lowest BCUT2D eigenvalue weighted by molar-refractivity contribution is 0.0690. The first kappa shape index (κ1) is 13.7. The number of pyridine rings is 1. The van der Waals surface area contributed by atoms with Gasteiger partial charge in [0, 0.05) is 31.5 Å². The van der Waals surface area contributed by atoms with Gasteiger partial charge in [0.05, 0.1) is 11.3 Å². The molecular formula is C13H14N4O3. The Balaban J connectivity index is 2.13. The summed E-state index contributed by atoms with van der Waals surface area (Å²) < 4.78 is 1.65. The molecule has 2 aromatic rings. The molecule has 0 saturated carbocycles. The first-order valence-electron chi connectivity index (χ1n) is 5.94. The van der Waals surface area contributed by atoms with Gasteiger partial charge in [-0.2, -0.15) is 5.10 Å². The number of carboxylic acid groups (broad SMARTS) is 1. The van der Waals surface area contributed by atoms with E-state index in [0.29, 0.717) is 0 Å². The molecule has 7 heteroatoms. The van der Waals surface area contributed by atoms with Gasteiger partial charge in [-0.3, -0.25) is 14.5 Å². The molecule has 20 heavy (non-hydrogen) atoms. The van der Waals surface area contributed by atoms with E-state index in [1.165, 1.54) is 18.3 Å². The van der Waals surface area contributed by atoms with Crippen molar-refractivity contribution < 1.29 is 14.7 Å². The number of aromatic carboxylic acids is 1. The maximum absolute atomic E-state index is 12.0. The SMILES string of the molecule is Cc1nn(C)cc1CNC(=O)c1ncccc1C(=O)O. The molecule has 2 aromatic heterocycles. The highest BCUT2D eigenvalue weighted by molar-refractivity contribution is 6.03. The Morgan fingerprint density at radius 1 is 1.45 bits per heavy atom. The third-order valence-corrected chi connectivity index (χ3v) is 2.81. The number of aromatic nitrogens is 3. The van der Waals surface area contributed by atoms with Gasteiger partial charge in [0.15, 0.2) is 0 Å². The molecule has 0 aliphatic rings. The number of hydrogen-bond donors (Lipinski definition) is 2. The van der Waals surface area contributed by atoms with Gasteiger partial charge in [-0.1, -0.05) is 0 Å². The van der Waals surface area contributed by atoms with Crippen molar-refractivity contribution in [1.29, 1.82) is 0 Å². The normalized spacial score (nSPS) is 10.3. The topological polar surface area (TPSA) is 97.1 Å². The van der Waals surface area contributed by atoms with Crippen LogP contribution in [0.1, 0.15) is 32.1 Å². The van der Waals surface area contributed by atoms with Crippen LogP contribution >= 0.6 is 0 Å². The zero-order chi connectivity index (χ0) is 14.7. The van der Waals surface area contributed by atoms with Crippen molar-refractivity contribution in [2.45, 2.75) is 13.5 Å². The summed E-state index contributed by atoms with van der Waals surface area (Å²) in [6.07, 6.45) is 3.18. The molecule has 0 radical (unpaired) electrons. The molecule has 0 aliphatic heterocycles. The van der Waals surface area contributed by atoms with Crippen LogP contribution in [-0.4, -0.2) is 31.7 Å². The summed E-state index contributed by atoms with van der Waals surface area (Å²) in [7, 11) is 1.79. The average Bonchev–Trinajstić information content (AvgIpc) is 2.74. The van der Waals surface area contributed by atoms with Crippen molar-refractivity contribution in [1.82, 2.24) is 20.1 Å². The molecule has 104 valence electrons. The van der Waals surface area contributed by atoms with E-state index < -0.39 is 11.9 Å². The largest absolute Gasteiger partial charge is 0.478 e. The summed E-state index contributed by atoms with van der Waals surface area (Å²) in [6, 6.07) is 2.82. The lowest BCUT2D eigenvalue weighted by atomic mass is 10.2. The van der Waals surface area contributed by atoms with Crippen molar-refractivity contribution in [2.24, 2.45) is 7.05 Å². The van der Waals surface area contributed by atoms with Crippen molar-refractivity contribution in [2.75, 3.05) is 0 Å². The number of amides is 1. The van der Waals surface area contributed by atoms with Crippen molar-refractivity contribution in [3.05, 3.63) is 47.0 Å². The molecule has 2 N–H and O–H groups in total. The molecule has 1 amide bonds. The highest BCUT2D eigenvalue weighted by atomic mass is 16.4. The second-order valence-electron chi connectivity index (χ2n) is 4.30. The third kappa shape index (κ3) is 2.82. The smallest absolute Gasteiger partial charge is 0.338 e. The molecular weight excluding hydrogens is 260 g/mol. The molecule has 0 aliphatic carbocycles. The number of carboxylic acids is 1. The Labute approximate surface area is 115 Å². The van der Waals surface area contributed by atoms with Gasteiger partial charge >= 0.3 is 5.97 Å². The van der Waals surface area contributed by atoms with Crippen molar-refractivity contribution in [3.63, 3.8) is 0 Å². The number of hydrogen-bond acceptors (Lipinski definition) is 4. The third-order valence-electron chi connectivity index (χ3n) is 2.81. The van der Waals surface area contributed by atoms with E-state index in [1.807, 2.05) is 6.92 Å². The first-order valence-corrected chi connectivity index (χ1v) is 5.94. The minimum atomic E-state index is -1.18. The molecule has 0 atom stereocenters. The van der Waals surface area contributed by atoms with E-state index in [2.05, 4.69) is 15.4 Å². The van der Waals surface area contributed by atoms with E-state index >= 15 is 0 Å². The van der Waals surface area contributed by atoms with Gasteiger partial charge in [-0.05, 0) is 19.1 Å². The maximum atomic E-state index is 12.0. The molecule has 2 rings (SSSR count). The van der Waals surface area contributed by atoms with Gasteiger partial charge in [-0.15, -0.1) is 0 Å². The second-order valence-corrected chi connectivity index (χ2v) is 4.30. The van der Waals surface area contributed by atoms with Crippen LogP contribution in [0.25, 0.3) is 0 Å². The molecule has 0 spiro atoms. The predicted molar refractivity (Wildman–Crippen MR) is 70.3 cm³/mol. The van der Waals surface area contributed by atoms with Crippen molar-refractivity contribution in [3.8, 4) is 0 Å². The second kappa shape index (κ2) is 5.52. The monoisotopic (exact) mass is 274 g/mol. The van der Waals surface area contributed by atoms with Crippen LogP contribution < -0.4 is 5.32 Å². The van der Waals surface area contributed by atoms with E-state index in [9.17, 15) is 9.59 Å². The van der Waals surface area contributed by atoms with Gasteiger partial charge in [0.1, 0.15) is 5.69 Å². The number of carbonyl (C=O) groups is 2. The van der Waals surface area contributed by atoms with Crippen molar-refractivity contribution >= 4 is 11.9 Å². The standard InChI is InChI=1S/C13H14N4O3/c1-8-9(7-17(2)16-8)6-15-12(18)11-10(13(19)20)4-3-5-14-11/h3-5,7H,6H2,1-2H3,(H,15,18)(H,19,20). The van der Waals surface area contributed by atoms with Gasteiger partial charge < -0.3 is 10.4 Å². The molecule has 2 heterocycles. The summed E-state index contributed by atoms with van der Waals surface area (Å²) in [5.41, 5.74) is 1.47. The molecule has 7 nitrogen and oxygen atoms in total. The summed E-state index contributed by atoms with van der Waals surface area (Å²) in [6.45, 7) is 2.11. The summed E-state index contributed by atoms with van der Waals surface area (Å²) in [5.74, 6) is -1.70. The van der Waals surface area contributed by atoms with Crippen LogP contribution in [0.15, 0.2) is 24.5 Å². The van der Waals surface area contributed by atoms with Crippen LogP contribution in [0.4, 0.5) is 0 Å². The summed E-state index contributed by atoms with van der Waals surface area (Å²) >= 11 is 0. The molecule has 0 unspecified atom stereocenters. The lowest BCUT2D eigenvalue weighted by Gasteiger charge is -2.06. The van der Waals surface area contributed by atoms with Crippen LogP contribution in [0.3, 0.4) is 0 Å². The van der Waals surface area contributed by atoms with E-state index in [1.54, 1.807) is 17.9 Å². The van der Waals surface area contributed by atoms with Crippen LogP contribution in [0.5, 0.6) is 0 Å². The fourth-order valence-corrected chi connectivity index (χ4v) is 1.84. The number of carbonyl (C=O) groups excluding carboxylic acids is 1. The van der Waals surface area contributed by atoms with Gasteiger partial charge in [0.25, 0.3) is 5.91 Å². The summed E-state index contributed by atoms with van der Waals surface area (Å²) in [4.78, 5) is 26.8. The fraction of sp³-hybridized carbons (Fsp3) is 0.231. The molecule has 0 aromatic carbocycles. The fourth-order valence-electron chi connectivity index (χ4n) is 1.84. The lowest BCUT2D eigenvalue weighted by Crippen LogP contribution is -2.26. The Hall–Kier alpha value is -2.70. The minimum Gasteiger partial charge on any atom is -0.478 e. The zero-order valence-corrected chi connectivity index (χ0v) is 11.1. The highest BCUT2D eigenvalue weighted by Gasteiger charge is 2.17.